The summed E-state index contributed by atoms with van der Waals surface area (Å²) in [7, 11) is 0. The van der Waals surface area contributed by atoms with Crippen molar-refractivity contribution in [3.05, 3.63) is 18.0 Å². The minimum absolute atomic E-state index is 0.000802. The summed E-state index contributed by atoms with van der Waals surface area (Å²) in [5, 5.41) is 4.76. The molecule has 132 valence electrons. The molecule has 0 fully saturated rings. The van der Waals surface area contributed by atoms with Crippen LogP contribution < -0.4 is 15.2 Å². The quantitative estimate of drug-likeness (QED) is 0.690. The molecule has 4 rings (SSSR count). The summed E-state index contributed by atoms with van der Waals surface area (Å²) >= 11 is 11.7. The van der Waals surface area contributed by atoms with Crippen LogP contribution in [0.1, 0.15) is 5.82 Å². The summed E-state index contributed by atoms with van der Waals surface area (Å²) in [6, 6.07) is 2.92. The molecular formula is C14H11Cl2F2N5O2. The maximum Gasteiger partial charge on any atom is 0.586 e. The Labute approximate surface area is 149 Å². The topological polar surface area (TPSA) is 87.6 Å². The van der Waals surface area contributed by atoms with Gasteiger partial charge >= 0.3 is 6.29 Å². The molecule has 0 spiro atoms. The SMILES string of the molecule is Nc1nc2c3c(ccc2c2nc(CC(CCl)CCl)nn12)OC(F)(F)O3. The van der Waals surface area contributed by atoms with Gasteiger partial charge in [-0.2, -0.15) is 4.52 Å². The van der Waals surface area contributed by atoms with Crippen molar-refractivity contribution in [1.29, 1.82) is 0 Å². The van der Waals surface area contributed by atoms with Gasteiger partial charge in [0, 0.05) is 23.6 Å². The number of halogens is 4. The molecule has 1 aliphatic rings. The van der Waals surface area contributed by atoms with Gasteiger partial charge in [-0.25, -0.2) is 9.97 Å². The fraction of sp³-hybridized carbons (Fsp3) is 0.357. The molecule has 0 bridgehead atoms. The van der Waals surface area contributed by atoms with Gasteiger partial charge in [0.25, 0.3) is 0 Å². The molecule has 0 aliphatic carbocycles. The molecule has 25 heavy (non-hydrogen) atoms. The molecule has 3 heterocycles. The van der Waals surface area contributed by atoms with Crippen molar-refractivity contribution >= 4 is 45.7 Å². The lowest BCUT2D eigenvalue weighted by molar-refractivity contribution is -0.286. The van der Waals surface area contributed by atoms with Crippen LogP contribution in [-0.4, -0.2) is 37.6 Å². The van der Waals surface area contributed by atoms with Crippen LogP contribution in [0.2, 0.25) is 0 Å². The molecule has 0 atom stereocenters. The van der Waals surface area contributed by atoms with Crippen LogP contribution in [0, 0.1) is 5.92 Å². The third-order valence-electron chi connectivity index (χ3n) is 3.79. The Balaban J connectivity index is 1.88. The molecular weight excluding hydrogens is 379 g/mol. The van der Waals surface area contributed by atoms with E-state index in [4.69, 9.17) is 28.9 Å². The molecule has 0 unspecified atom stereocenters. The van der Waals surface area contributed by atoms with Crippen LogP contribution in [0.4, 0.5) is 14.7 Å². The van der Waals surface area contributed by atoms with E-state index in [9.17, 15) is 8.78 Å². The van der Waals surface area contributed by atoms with Crippen LogP contribution in [0.3, 0.4) is 0 Å². The van der Waals surface area contributed by atoms with E-state index in [0.717, 1.165) is 0 Å². The van der Waals surface area contributed by atoms with Gasteiger partial charge in [-0.1, -0.05) is 0 Å². The van der Waals surface area contributed by atoms with E-state index in [-0.39, 0.29) is 28.9 Å². The summed E-state index contributed by atoms with van der Waals surface area (Å²) in [6.07, 6.45) is -3.29. The number of anilines is 1. The number of hydrogen-bond donors (Lipinski definition) is 1. The zero-order valence-electron chi connectivity index (χ0n) is 12.5. The van der Waals surface area contributed by atoms with Crippen molar-refractivity contribution < 1.29 is 18.3 Å². The van der Waals surface area contributed by atoms with Crippen molar-refractivity contribution in [3.8, 4) is 11.5 Å². The van der Waals surface area contributed by atoms with E-state index in [0.29, 0.717) is 35.0 Å². The second kappa shape index (κ2) is 5.70. The highest BCUT2D eigenvalue weighted by molar-refractivity contribution is 6.20. The van der Waals surface area contributed by atoms with Crippen molar-refractivity contribution in [2.24, 2.45) is 5.92 Å². The molecule has 1 aliphatic heterocycles. The number of benzene rings is 1. The summed E-state index contributed by atoms with van der Waals surface area (Å²) in [4.78, 5) is 8.55. The molecule has 2 N–H and O–H groups in total. The number of nitrogens with two attached hydrogens (primary N) is 1. The van der Waals surface area contributed by atoms with E-state index in [1.807, 2.05) is 0 Å². The number of nitrogen functional groups attached to an aromatic ring is 1. The lowest BCUT2D eigenvalue weighted by Gasteiger charge is -2.05. The zero-order chi connectivity index (χ0) is 17.8. The van der Waals surface area contributed by atoms with E-state index in [2.05, 4.69) is 24.5 Å². The Morgan fingerprint density at radius 3 is 2.68 bits per heavy atom. The lowest BCUT2D eigenvalue weighted by Crippen LogP contribution is -2.26. The smallest absolute Gasteiger partial charge is 0.395 e. The monoisotopic (exact) mass is 389 g/mol. The van der Waals surface area contributed by atoms with Crippen molar-refractivity contribution in [3.63, 3.8) is 0 Å². The van der Waals surface area contributed by atoms with Crippen LogP contribution in [-0.2, 0) is 6.42 Å². The predicted octanol–water partition coefficient (Wildman–Crippen LogP) is 2.82. The number of nitrogens with zero attached hydrogens (tertiary/aromatic N) is 4. The minimum Gasteiger partial charge on any atom is -0.395 e. The minimum atomic E-state index is -3.74. The number of fused-ring (bicyclic) bond motifs is 5. The molecule has 11 heteroatoms. The number of hydrogen-bond acceptors (Lipinski definition) is 6. The molecule has 0 saturated carbocycles. The zero-order valence-corrected chi connectivity index (χ0v) is 14.1. The molecule has 7 nitrogen and oxygen atoms in total. The van der Waals surface area contributed by atoms with E-state index >= 15 is 0 Å². The van der Waals surface area contributed by atoms with Gasteiger partial charge in [-0.05, 0) is 18.1 Å². The fourth-order valence-electron chi connectivity index (χ4n) is 2.64. The van der Waals surface area contributed by atoms with Gasteiger partial charge in [-0.15, -0.1) is 37.1 Å². The highest BCUT2D eigenvalue weighted by atomic mass is 35.5. The van der Waals surface area contributed by atoms with Gasteiger partial charge in [0.15, 0.2) is 23.0 Å². The molecule has 1 aromatic carbocycles. The van der Waals surface area contributed by atoms with Gasteiger partial charge in [-0.3, -0.25) is 0 Å². The van der Waals surface area contributed by atoms with Gasteiger partial charge in [0.1, 0.15) is 5.52 Å². The third-order valence-corrected chi connectivity index (χ3v) is 4.66. The maximum absolute atomic E-state index is 13.3. The standard InChI is InChI=1S/C14H11Cl2F2N5O2/c15-4-6(5-16)3-9-20-12-7-1-2-8-11(25-14(17,18)24-8)10(7)21-13(19)23(12)22-9/h1-2,6H,3-5H2,(H2,19,21). The fourth-order valence-corrected chi connectivity index (χ4v) is 3.18. The highest BCUT2D eigenvalue weighted by Gasteiger charge is 2.44. The summed E-state index contributed by atoms with van der Waals surface area (Å²) in [5.74, 6) is 0.902. The van der Waals surface area contributed by atoms with Gasteiger partial charge in [0.2, 0.25) is 5.95 Å². The largest absolute Gasteiger partial charge is 0.586 e. The van der Waals surface area contributed by atoms with Crippen molar-refractivity contribution in [1.82, 2.24) is 19.6 Å². The Morgan fingerprint density at radius 1 is 1.20 bits per heavy atom. The number of rotatable bonds is 4. The summed E-state index contributed by atoms with van der Waals surface area (Å²) < 4.78 is 37.0. The van der Waals surface area contributed by atoms with Crippen LogP contribution in [0.25, 0.3) is 16.6 Å². The van der Waals surface area contributed by atoms with E-state index in [1.54, 1.807) is 6.07 Å². The Morgan fingerprint density at radius 2 is 1.96 bits per heavy atom. The van der Waals surface area contributed by atoms with E-state index in [1.165, 1.54) is 10.6 Å². The van der Waals surface area contributed by atoms with Crippen molar-refractivity contribution in [2.75, 3.05) is 17.5 Å². The first-order valence-electron chi connectivity index (χ1n) is 7.27. The van der Waals surface area contributed by atoms with Crippen molar-refractivity contribution in [2.45, 2.75) is 12.7 Å². The average molecular weight is 390 g/mol. The first-order valence-corrected chi connectivity index (χ1v) is 8.34. The van der Waals surface area contributed by atoms with Crippen LogP contribution in [0.15, 0.2) is 12.1 Å². The second-order valence-electron chi connectivity index (χ2n) is 5.57. The summed E-state index contributed by atoms with van der Waals surface area (Å²) in [6.45, 7) is 0. The van der Waals surface area contributed by atoms with E-state index < -0.39 is 6.29 Å². The van der Waals surface area contributed by atoms with Crippen LogP contribution >= 0.6 is 23.2 Å². The average Bonchev–Trinajstić information content (AvgIpc) is 3.12. The molecule has 0 saturated heterocycles. The maximum atomic E-state index is 13.3. The highest BCUT2D eigenvalue weighted by Crippen LogP contribution is 2.45. The Kier molecular flexibility index (Phi) is 3.73. The second-order valence-corrected chi connectivity index (χ2v) is 6.19. The first kappa shape index (κ1) is 16.3. The number of alkyl halides is 4. The lowest BCUT2D eigenvalue weighted by atomic mass is 10.1. The molecule has 3 aromatic rings. The third kappa shape index (κ3) is 2.67. The Hall–Kier alpha value is -2.13. The number of ether oxygens (including phenoxy) is 2. The predicted molar refractivity (Wildman–Crippen MR) is 87.5 cm³/mol. The van der Waals surface area contributed by atoms with Gasteiger partial charge < -0.3 is 15.2 Å². The Bertz CT molecular complexity index is 977. The molecule has 0 amide bonds. The summed E-state index contributed by atoms with van der Waals surface area (Å²) in [5.41, 5.74) is 6.41. The number of aromatic nitrogens is 4. The first-order chi connectivity index (χ1) is 11.9. The van der Waals surface area contributed by atoms with Gasteiger partial charge in [0.05, 0.1) is 0 Å². The van der Waals surface area contributed by atoms with Crippen LogP contribution in [0.5, 0.6) is 11.5 Å². The normalized spacial score (nSPS) is 15.6. The molecule has 0 radical (unpaired) electrons. The molecule has 2 aromatic heterocycles.